The van der Waals surface area contributed by atoms with Crippen LogP contribution in [0, 0.1) is 0 Å². The van der Waals surface area contributed by atoms with Crippen molar-refractivity contribution in [1.82, 2.24) is 19.4 Å². The fourth-order valence-electron chi connectivity index (χ4n) is 6.47. The molecule has 0 saturated carbocycles. The third kappa shape index (κ3) is 4.20. The van der Waals surface area contributed by atoms with Gasteiger partial charge in [-0.15, -0.1) is 11.3 Å². The van der Waals surface area contributed by atoms with E-state index in [2.05, 4.69) is 129 Å². The van der Waals surface area contributed by atoms with E-state index >= 15 is 0 Å². The minimum Gasteiger partial charge on any atom is -0.312 e. The third-order valence-corrected chi connectivity index (χ3v) is 10.8. The number of thiazole rings is 1. The van der Waals surface area contributed by atoms with Crippen LogP contribution in [-0.4, -0.2) is 24.3 Å². The Kier molecular flexibility index (Phi) is 6.14. The zero-order valence-corrected chi connectivity index (χ0v) is 26.4. The molecule has 0 aliphatic carbocycles. The zero-order valence-electron chi connectivity index (χ0n) is 24.0. The molecule has 1 aliphatic heterocycles. The van der Waals surface area contributed by atoms with Crippen molar-refractivity contribution < 1.29 is 4.79 Å². The Hall–Kier alpha value is -5.22. The van der Waals surface area contributed by atoms with Crippen molar-refractivity contribution >= 4 is 100 Å². The molecule has 3 aromatic heterocycles. The van der Waals surface area contributed by atoms with Gasteiger partial charge in [0.15, 0.2) is 0 Å². The number of rotatable bonds is 3. The molecule has 1 fully saturated rings. The summed E-state index contributed by atoms with van der Waals surface area (Å²) >= 11 is 7.54. The first kappa shape index (κ1) is 27.1. The number of carbonyl (C=O) groups is 1. The van der Waals surface area contributed by atoms with Gasteiger partial charge in [0.25, 0.3) is 11.5 Å². The largest absolute Gasteiger partial charge is 0.312 e. The summed E-state index contributed by atoms with van der Waals surface area (Å²) in [4.78, 5) is 28.4. The van der Waals surface area contributed by atoms with Crippen LogP contribution in [0.4, 0.5) is 0 Å². The summed E-state index contributed by atoms with van der Waals surface area (Å²) in [5.41, 5.74) is 7.38. The fourth-order valence-corrected chi connectivity index (χ4v) is 8.57. The van der Waals surface area contributed by atoms with Crippen molar-refractivity contribution in [3.05, 3.63) is 140 Å². The van der Waals surface area contributed by atoms with Crippen molar-refractivity contribution in [2.75, 3.05) is 0 Å². The van der Waals surface area contributed by atoms with Crippen molar-refractivity contribution in [2.24, 2.45) is 0 Å². The molecule has 46 heavy (non-hydrogen) atoms. The number of aromatic nitrogens is 3. The Balaban J connectivity index is 1.17. The van der Waals surface area contributed by atoms with Crippen LogP contribution in [0.15, 0.2) is 120 Å². The van der Waals surface area contributed by atoms with Gasteiger partial charge in [-0.3, -0.25) is 9.59 Å². The maximum atomic E-state index is 12.8. The summed E-state index contributed by atoms with van der Waals surface area (Å²) in [5.74, 6) is -0.281. The van der Waals surface area contributed by atoms with E-state index in [0.717, 1.165) is 38.7 Å². The molecule has 5 aromatic carbocycles. The molecule has 0 bridgehead atoms. The molecule has 9 heteroatoms. The van der Waals surface area contributed by atoms with Gasteiger partial charge in [0, 0.05) is 32.9 Å². The summed E-state index contributed by atoms with van der Waals surface area (Å²) in [6, 6.07) is 40.5. The molecule has 4 heterocycles. The van der Waals surface area contributed by atoms with Crippen molar-refractivity contribution in [2.45, 2.75) is 0 Å². The molecule has 8 aromatic rings. The maximum Gasteiger partial charge on any atom is 0.266 e. The summed E-state index contributed by atoms with van der Waals surface area (Å²) in [6.07, 6.45) is 1.87. The Morgan fingerprint density at radius 1 is 0.630 bits per heavy atom. The molecule has 1 saturated heterocycles. The highest BCUT2D eigenvalue weighted by molar-refractivity contribution is 8.30. The highest BCUT2D eigenvalue weighted by atomic mass is 32.2. The predicted molar refractivity (Wildman–Crippen MR) is 195 cm³/mol. The zero-order chi connectivity index (χ0) is 30.9. The second-order valence-corrected chi connectivity index (χ2v) is 13.8. The molecule has 1 aliphatic rings. The van der Waals surface area contributed by atoms with Gasteiger partial charge >= 0.3 is 0 Å². The smallest absolute Gasteiger partial charge is 0.266 e. The normalized spacial score (nSPS) is 15.2. The van der Waals surface area contributed by atoms with Crippen LogP contribution in [0.1, 0.15) is 5.56 Å². The highest BCUT2D eigenvalue weighted by Gasteiger charge is 2.24. The lowest BCUT2D eigenvalue weighted by Gasteiger charge is -2.11. The quantitative estimate of drug-likeness (QED) is 0.209. The number of carbonyl (C=O) groups excluding carboxylic acids is 1. The molecule has 0 unspecified atom stereocenters. The lowest BCUT2D eigenvalue weighted by molar-refractivity contribution is -0.113. The molecule has 0 atom stereocenters. The van der Waals surface area contributed by atoms with Crippen molar-refractivity contribution in [1.29, 1.82) is 0 Å². The highest BCUT2D eigenvalue weighted by Crippen LogP contribution is 2.35. The van der Waals surface area contributed by atoms with Crippen molar-refractivity contribution in [3.8, 4) is 11.4 Å². The summed E-state index contributed by atoms with van der Waals surface area (Å²) in [7, 11) is 0. The van der Waals surface area contributed by atoms with Gasteiger partial charge < -0.3 is 19.4 Å². The maximum absolute atomic E-state index is 12.8. The minimum absolute atomic E-state index is 0.232. The Morgan fingerprint density at radius 2 is 1.15 bits per heavy atom. The molecular formula is C37H22N4O2S3. The van der Waals surface area contributed by atoms with Crippen LogP contribution in [-0.2, 0) is 4.79 Å². The molecule has 220 valence electrons. The summed E-state index contributed by atoms with van der Waals surface area (Å²) < 4.78 is 6.04. The molecular weight excluding hydrogens is 629 g/mol. The molecule has 0 radical (unpaired) electrons. The SMILES string of the molecule is O=C1NC(=S)S/C1=c1/[nH]c(=O)/c(=C/c2ccc3c(c2)c2ccccc2n3-c2ccc(-n3c4ccccc4c4ccccc43)cc2)s1. The number of H-pyrrole nitrogens is 1. The summed E-state index contributed by atoms with van der Waals surface area (Å²) in [6.45, 7) is 0. The topological polar surface area (TPSA) is 71.8 Å². The summed E-state index contributed by atoms with van der Waals surface area (Å²) in [5, 5.41) is 7.31. The van der Waals surface area contributed by atoms with Gasteiger partial charge in [0.05, 0.1) is 26.6 Å². The molecule has 9 rings (SSSR count). The number of benzene rings is 5. The van der Waals surface area contributed by atoms with Crippen LogP contribution >= 0.6 is 35.3 Å². The van der Waals surface area contributed by atoms with E-state index in [4.69, 9.17) is 12.2 Å². The Morgan fingerprint density at radius 3 is 1.70 bits per heavy atom. The number of amides is 1. The molecule has 1 amide bonds. The monoisotopic (exact) mass is 650 g/mol. The Bertz CT molecular complexity index is 2710. The van der Waals surface area contributed by atoms with Crippen molar-refractivity contribution in [3.63, 3.8) is 0 Å². The van der Waals surface area contributed by atoms with E-state index < -0.39 is 0 Å². The predicted octanol–water partition coefficient (Wildman–Crippen LogP) is 6.72. The van der Waals surface area contributed by atoms with Gasteiger partial charge in [0.2, 0.25) is 0 Å². The minimum atomic E-state index is -0.281. The number of para-hydroxylation sites is 3. The lowest BCUT2D eigenvalue weighted by Crippen LogP contribution is -2.22. The van der Waals surface area contributed by atoms with E-state index in [1.807, 2.05) is 12.1 Å². The lowest BCUT2D eigenvalue weighted by atomic mass is 10.1. The van der Waals surface area contributed by atoms with Gasteiger partial charge in [0.1, 0.15) is 13.9 Å². The fraction of sp³-hybridized carbons (Fsp3) is 0. The number of fused-ring (bicyclic) bond motifs is 6. The number of nitrogens with zero attached hydrogens (tertiary/aromatic N) is 2. The molecule has 6 nitrogen and oxygen atoms in total. The van der Waals surface area contributed by atoms with Crippen LogP contribution < -0.4 is 20.1 Å². The van der Waals surface area contributed by atoms with Gasteiger partial charge in [-0.05, 0) is 66.2 Å². The average Bonchev–Trinajstić information content (AvgIpc) is 3.81. The number of aromatic amines is 1. The van der Waals surface area contributed by atoms with E-state index in [-0.39, 0.29) is 11.5 Å². The van der Waals surface area contributed by atoms with Gasteiger partial charge in [-0.2, -0.15) is 0 Å². The molecule has 2 N–H and O–H groups in total. The van der Waals surface area contributed by atoms with E-state index in [1.165, 1.54) is 44.9 Å². The second-order valence-electron chi connectivity index (χ2n) is 11.1. The van der Waals surface area contributed by atoms with E-state index in [9.17, 15) is 9.59 Å². The second kappa shape index (κ2) is 10.4. The standard InChI is InChI=1S/C37H22N4O2S3/c42-34-32(45-36(38-34)33-35(43)39-37(44)46-33)20-21-13-18-31-27(19-21)26-9-3-6-12-30(26)41(31)23-16-14-22(15-17-23)40-28-10-4-1-7-24(28)25-8-2-5-11-29(25)40/h1-20H,(H,38,42)(H,39,43,44)/b32-20-,36-33-. The Labute approximate surface area is 274 Å². The average molecular weight is 651 g/mol. The van der Waals surface area contributed by atoms with Gasteiger partial charge in [-0.1, -0.05) is 84.6 Å². The first-order valence-corrected chi connectivity index (χ1v) is 16.7. The van der Waals surface area contributed by atoms with Crippen LogP contribution in [0.25, 0.3) is 66.0 Å². The van der Waals surface area contributed by atoms with Crippen LogP contribution in [0.5, 0.6) is 0 Å². The first-order chi connectivity index (χ1) is 22.5. The molecule has 0 spiro atoms. The van der Waals surface area contributed by atoms with Crippen LogP contribution in [0.2, 0.25) is 0 Å². The van der Waals surface area contributed by atoms with Crippen LogP contribution in [0.3, 0.4) is 0 Å². The number of thiocarbonyl (C=S) groups is 1. The van der Waals surface area contributed by atoms with Gasteiger partial charge in [-0.25, -0.2) is 0 Å². The number of hydrogen-bond donors (Lipinski definition) is 2. The number of thioether (sulfide) groups is 1. The number of hydrogen-bond acceptors (Lipinski definition) is 5. The first-order valence-electron chi connectivity index (χ1n) is 14.6. The van der Waals surface area contributed by atoms with E-state index in [0.29, 0.717) is 18.4 Å². The third-order valence-electron chi connectivity index (χ3n) is 8.43. The number of nitrogens with one attached hydrogen (secondary N) is 2. The van der Waals surface area contributed by atoms with E-state index in [1.54, 1.807) is 0 Å².